The van der Waals surface area contributed by atoms with Crippen molar-refractivity contribution in [1.29, 1.82) is 0 Å². The van der Waals surface area contributed by atoms with Crippen molar-refractivity contribution in [1.82, 2.24) is 10.2 Å². The molecule has 0 unspecified atom stereocenters. The molecule has 0 spiro atoms. The SMILES string of the molecule is O=C(O)/C=C/c1nnc(-c2cc(Br)ccc2F)o1. The number of hydrogen-bond donors (Lipinski definition) is 1. The smallest absolute Gasteiger partial charge is 0.328 e. The molecule has 0 amide bonds. The van der Waals surface area contributed by atoms with Gasteiger partial charge in [0, 0.05) is 16.6 Å². The average molecular weight is 313 g/mol. The largest absolute Gasteiger partial charge is 0.478 e. The molecule has 0 bridgehead atoms. The number of carbonyl (C=O) groups is 1. The first-order valence-corrected chi connectivity index (χ1v) is 5.55. The lowest BCUT2D eigenvalue weighted by Gasteiger charge is -1.97. The van der Waals surface area contributed by atoms with Gasteiger partial charge in [-0.1, -0.05) is 15.9 Å². The second kappa shape index (κ2) is 5.09. The molecule has 5 nitrogen and oxygen atoms in total. The van der Waals surface area contributed by atoms with E-state index in [9.17, 15) is 9.18 Å². The predicted molar refractivity (Wildman–Crippen MR) is 64.1 cm³/mol. The fourth-order valence-corrected chi connectivity index (χ4v) is 1.58. The van der Waals surface area contributed by atoms with Crippen molar-refractivity contribution < 1.29 is 18.7 Å². The van der Waals surface area contributed by atoms with Gasteiger partial charge in [-0.05, 0) is 18.2 Å². The minimum atomic E-state index is -1.14. The first-order valence-electron chi connectivity index (χ1n) is 4.76. The van der Waals surface area contributed by atoms with Gasteiger partial charge in [0.05, 0.1) is 5.56 Å². The minimum Gasteiger partial charge on any atom is -0.478 e. The first-order chi connectivity index (χ1) is 8.56. The molecule has 0 fully saturated rings. The van der Waals surface area contributed by atoms with E-state index in [4.69, 9.17) is 9.52 Å². The number of carboxylic acids is 1. The molecule has 0 radical (unpaired) electrons. The summed E-state index contributed by atoms with van der Waals surface area (Å²) >= 11 is 3.20. The van der Waals surface area contributed by atoms with Crippen LogP contribution in [-0.2, 0) is 4.79 Å². The second-order valence-electron chi connectivity index (χ2n) is 3.24. The van der Waals surface area contributed by atoms with E-state index in [0.717, 1.165) is 12.2 Å². The summed E-state index contributed by atoms with van der Waals surface area (Å²) in [4.78, 5) is 10.3. The number of aromatic nitrogens is 2. The summed E-state index contributed by atoms with van der Waals surface area (Å²) in [6.07, 6.45) is 1.99. The van der Waals surface area contributed by atoms with Gasteiger partial charge in [0.15, 0.2) is 0 Å². The van der Waals surface area contributed by atoms with Crippen molar-refractivity contribution in [3.63, 3.8) is 0 Å². The van der Waals surface area contributed by atoms with Gasteiger partial charge in [0.2, 0.25) is 5.89 Å². The van der Waals surface area contributed by atoms with E-state index in [-0.39, 0.29) is 17.3 Å². The average Bonchev–Trinajstić information content (AvgIpc) is 2.78. The van der Waals surface area contributed by atoms with Gasteiger partial charge in [-0.2, -0.15) is 0 Å². The highest BCUT2D eigenvalue weighted by atomic mass is 79.9. The molecular weight excluding hydrogens is 307 g/mol. The van der Waals surface area contributed by atoms with Crippen molar-refractivity contribution in [3.05, 3.63) is 40.5 Å². The van der Waals surface area contributed by atoms with E-state index in [1.807, 2.05) is 0 Å². The number of carboxylic acid groups (broad SMARTS) is 1. The fraction of sp³-hybridized carbons (Fsp3) is 0. The van der Waals surface area contributed by atoms with Crippen LogP contribution in [0.2, 0.25) is 0 Å². The zero-order chi connectivity index (χ0) is 13.1. The lowest BCUT2D eigenvalue weighted by atomic mass is 10.2. The molecule has 0 aliphatic carbocycles. The molecule has 1 N–H and O–H groups in total. The van der Waals surface area contributed by atoms with Gasteiger partial charge in [0.25, 0.3) is 5.89 Å². The number of halogens is 2. The van der Waals surface area contributed by atoms with Gasteiger partial charge in [-0.25, -0.2) is 9.18 Å². The van der Waals surface area contributed by atoms with Crippen molar-refractivity contribution in [3.8, 4) is 11.5 Å². The van der Waals surface area contributed by atoms with Crippen LogP contribution in [0.25, 0.3) is 17.5 Å². The van der Waals surface area contributed by atoms with Crippen LogP contribution >= 0.6 is 15.9 Å². The summed E-state index contributed by atoms with van der Waals surface area (Å²) in [6, 6.07) is 4.30. The molecule has 0 aliphatic heterocycles. The molecule has 0 saturated heterocycles. The Hall–Kier alpha value is -2.02. The molecule has 0 aliphatic rings. The second-order valence-corrected chi connectivity index (χ2v) is 4.16. The summed E-state index contributed by atoms with van der Waals surface area (Å²) in [7, 11) is 0. The third-order valence-electron chi connectivity index (χ3n) is 1.97. The highest BCUT2D eigenvalue weighted by Crippen LogP contribution is 2.25. The summed E-state index contributed by atoms with van der Waals surface area (Å²) in [5.41, 5.74) is 0.145. The van der Waals surface area contributed by atoms with Crippen LogP contribution in [0.5, 0.6) is 0 Å². The van der Waals surface area contributed by atoms with Crippen LogP contribution in [0.3, 0.4) is 0 Å². The van der Waals surface area contributed by atoms with E-state index in [2.05, 4.69) is 26.1 Å². The Morgan fingerprint density at radius 3 is 2.94 bits per heavy atom. The normalized spacial score (nSPS) is 11.0. The van der Waals surface area contributed by atoms with Gasteiger partial charge < -0.3 is 9.52 Å². The van der Waals surface area contributed by atoms with E-state index in [0.29, 0.717) is 4.47 Å². The Morgan fingerprint density at radius 1 is 1.44 bits per heavy atom. The number of rotatable bonds is 3. The maximum absolute atomic E-state index is 13.5. The van der Waals surface area contributed by atoms with E-state index >= 15 is 0 Å². The quantitative estimate of drug-likeness (QED) is 0.882. The molecule has 18 heavy (non-hydrogen) atoms. The molecule has 1 aromatic heterocycles. The van der Waals surface area contributed by atoms with E-state index in [1.54, 1.807) is 6.07 Å². The third-order valence-corrected chi connectivity index (χ3v) is 2.46. The molecule has 1 heterocycles. The summed E-state index contributed by atoms with van der Waals surface area (Å²) in [5.74, 6) is -1.66. The van der Waals surface area contributed by atoms with Crippen molar-refractivity contribution in [2.45, 2.75) is 0 Å². The molecule has 0 saturated carbocycles. The minimum absolute atomic E-state index is 0.00762. The fourth-order valence-electron chi connectivity index (χ4n) is 1.21. The van der Waals surface area contributed by atoms with Gasteiger partial charge >= 0.3 is 5.97 Å². The lowest BCUT2D eigenvalue weighted by molar-refractivity contribution is -0.131. The standard InChI is InChI=1S/C11H6BrFN2O3/c12-6-1-2-8(13)7(5-6)11-15-14-9(18-11)3-4-10(16)17/h1-5H,(H,16,17)/b4-3+. The van der Waals surface area contributed by atoms with Crippen LogP contribution < -0.4 is 0 Å². The van der Waals surface area contributed by atoms with Crippen LogP contribution in [-0.4, -0.2) is 21.3 Å². The van der Waals surface area contributed by atoms with E-state index in [1.165, 1.54) is 12.1 Å². The Kier molecular flexibility index (Phi) is 3.52. The van der Waals surface area contributed by atoms with E-state index < -0.39 is 11.8 Å². The van der Waals surface area contributed by atoms with Gasteiger partial charge in [-0.15, -0.1) is 10.2 Å². The van der Waals surface area contributed by atoms with Gasteiger partial charge in [-0.3, -0.25) is 0 Å². The number of nitrogens with zero attached hydrogens (tertiary/aromatic N) is 2. The van der Waals surface area contributed by atoms with Crippen LogP contribution in [0.4, 0.5) is 4.39 Å². The maximum Gasteiger partial charge on any atom is 0.328 e. The summed E-state index contributed by atoms with van der Waals surface area (Å²) in [5, 5.41) is 15.7. The highest BCUT2D eigenvalue weighted by Gasteiger charge is 2.12. The third kappa shape index (κ3) is 2.80. The molecule has 2 aromatic rings. The zero-order valence-corrected chi connectivity index (χ0v) is 10.4. The van der Waals surface area contributed by atoms with Crippen molar-refractivity contribution in [2.24, 2.45) is 0 Å². The Bertz CT molecular complexity index is 625. The Balaban J connectivity index is 2.35. The van der Waals surface area contributed by atoms with Crippen LogP contribution in [0, 0.1) is 5.82 Å². The van der Waals surface area contributed by atoms with Gasteiger partial charge in [0.1, 0.15) is 5.82 Å². The van der Waals surface area contributed by atoms with Crippen molar-refractivity contribution >= 4 is 28.0 Å². The first kappa shape index (κ1) is 12.4. The highest BCUT2D eigenvalue weighted by molar-refractivity contribution is 9.10. The predicted octanol–water partition coefficient (Wildman–Crippen LogP) is 2.74. The summed E-state index contributed by atoms with van der Waals surface area (Å²) in [6.45, 7) is 0. The molecule has 7 heteroatoms. The van der Waals surface area contributed by atoms with Crippen molar-refractivity contribution in [2.75, 3.05) is 0 Å². The van der Waals surface area contributed by atoms with Crippen LogP contribution in [0.15, 0.2) is 33.2 Å². The molecule has 2 rings (SSSR count). The number of benzene rings is 1. The maximum atomic E-state index is 13.5. The molecule has 0 atom stereocenters. The lowest BCUT2D eigenvalue weighted by Crippen LogP contribution is -1.85. The Morgan fingerprint density at radius 2 is 2.22 bits per heavy atom. The van der Waals surface area contributed by atoms with Crippen LogP contribution in [0.1, 0.15) is 5.89 Å². The number of hydrogen-bond acceptors (Lipinski definition) is 4. The number of aliphatic carboxylic acids is 1. The Labute approximate surface area is 109 Å². The molecule has 1 aromatic carbocycles. The molecular formula is C11H6BrFN2O3. The monoisotopic (exact) mass is 312 g/mol. The topological polar surface area (TPSA) is 76.2 Å². The zero-order valence-electron chi connectivity index (χ0n) is 8.80. The molecule has 92 valence electrons. The summed E-state index contributed by atoms with van der Waals surface area (Å²) < 4.78 is 19.3.